The van der Waals surface area contributed by atoms with Crippen LogP contribution in [0.5, 0.6) is 0 Å². The highest BCUT2D eigenvalue weighted by molar-refractivity contribution is 7.13. The van der Waals surface area contributed by atoms with Crippen LogP contribution < -0.4 is 5.32 Å². The predicted octanol–water partition coefficient (Wildman–Crippen LogP) is 2.78. The molecule has 0 spiro atoms. The Labute approximate surface area is 132 Å². The molecule has 0 fully saturated rings. The van der Waals surface area contributed by atoms with Gasteiger partial charge in [-0.25, -0.2) is 0 Å². The number of carbonyl (C=O) groups is 1. The average Bonchev–Trinajstić information content (AvgIpc) is 3.14. The van der Waals surface area contributed by atoms with Gasteiger partial charge >= 0.3 is 0 Å². The van der Waals surface area contributed by atoms with Gasteiger partial charge in [0.25, 0.3) is 5.91 Å². The molecule has 5 nitrogen and oxygen atoms in total. The highest BCUT2D eigenvalue weighted by Gasteiger charge is 2.11. The Morgan fingerprint density at radius 1 is 1.36 bits per heavy atom. The molecular weight excluding hydrogens is 296 g/mol. The third kappa shape index (κ3) is 3.07. The number of hydrogen-bond donors (Lipinski definition) is 1. The van der Waals surface area contributed by atoms with Gasteiger partial charge in [-0.2, -0.15) is 5.10 Å². The molecule has 0 bridgehead atoms. The van der Waals surface area contributed by atoms with Crippen LogP contribution in [0.2, 0.25) is 0 Å². The molecule has 0 aliphatic heterocycles. The van der Waals surface area contributed by atoms with Crippen LogP contribution in [0.1, 0.15) is 20.1 Å². The molecule has 1 amide bonds. The van der Waals surface area contributed by atoms with Crippen molar-refractivity contribution in [1.29, 1.82) is 0 Å². The summed E-state index contributed by atoms with van der Waals surface area (Å²) in [4.78, 5) is 18.4. The van der Waals surface area contributed by atoms with E-state index in [1.165, 1.54) is 11.3 Å². The van der Waals surface area contributed by atoms with E-state index in [0.29, 0.717) is 6.54 Å². The van der Waals surface area contributed by atoms with Gasteiger partial charge in [0.15, 0.2) is 0 Å². The number of hydrogen-bond acceptors (Lipinski definition) is 4. The van der Waals surface area contributed by atoms with Gasteiger partial charge in [0.1, 0.15) is 0 Å². The molecule has 0 aromatic carbocycles. The minimum absolute atomic E-state index is 0.0564. The fourth-order valence-electron chi connectivity index (χ4n) is 2.20. The number of carbonyl (C=O) groups excluding carboxylic acids is 1. The summed E-state index contributed by atoms with van der Waals surface area (Å²) in [6, 6.07) is 7.64. The van der Waals surface area contributed by atoms with Crippen molar-refractivity contribution in [3.63, 3.8) is 0 Å². The molecular formula is C16H16N4OS. The summed E-state index contributed by atoms with van der Waals surface area (Å²) in [5, 5.41) is 7.12. The summed E-state index contributed by atoms with van der Waals surface area (Å²) in [7, 11) is 1.87. The molecule has 0 atom stereocenters. The first-order valence-electron chi connectivity index (χ1n) is 6.91. The topological polar surface area (TPSA) is 59.8 Å². The van der Waals surface area contributed by atoms with Crippen molar-refractivity contribution in [2.75, 3.05) is 0 Å². The van der Waals surface area contributed by atoms with Gasteiger partial charge in [-0.1, -0.05) is 6.07 Å². The number of aromatic nitrogens is 3. The summed E-state index contributed by atoms with van der Waals surface area (Å²) in [6.07, 6.45) is 5.43. The van der Waals surface area contributed by atoms with E-state index in [1.54, 1.807) is 17.1 Å². The smallest absolute Gasteiger partial charge is 0.261 e. The second kappa shape index (κ2) is 6.11. The van der Waals surface area contributed by atoms with E-state index in [9.17, 15) is 4.79 Å². The van der Waals surface area contributed by atoms with Crippen LogP contribution in [-0.4, -0.2) is 20.7 Å². The molecule has 22 heavy (non-hydrogen) atoms. The second-order valence-electron chi connectivity index (χ2n) is 5.01. The number of pyridine rings is 1. The molecule has 0 saturated heterocycles. The minimum Gasteiger partial charge on any atom is -0.347 e. The van der Waals surface area contributed by atoms with Gasteiger partial charge in [0.2, 0.25) is 0 Å². The first-order chi connectivity index (χ1) is 10.6. The summed E-state index contributed by atoms with van der Waals surface area (Å²) in [5.74, 6) is -0.0564. The summed E-state index contributed by atoms with van der Waals surface area (Å²) >= 11 is 1.49. The van der Waals surface area contributed by atoms with E-state index in [-0.39, 0.29) is 5.91 Å². The molecule has 3 rings (SSSR count). The maximum atomic E-state index is 12.1. The first kappa shape index (κ1) is 14.5. The highest BCUT2D eigenvalue weighted by Crippen LogP contribution is 2.20. The fourth-order valence-corrected chi connectivity index (χ4v) is 2.99. The van der Waals surface area contributed by atoms with Gasteiger partial charge in [-0.05, 0) is 30.7 Å². The van der Waals surface area contributed by atoms with Gasteiger partial charge in [0.05, 0.1) is 16.8 Å². The van der Waals surface area contributed by atoms with Crippen molar-refractivity contribution in [2.24, 2.45) is 7.05 Å². The van der Waals surface area contributed by atoms with E-state index in [1.807, 2.05) is 44.4 Å². The predicted molar refractivity (Wildman–Crippen MR) is 86.7 cm³/mol. The number of rotatable bonds is 4. The molecule has 3 heterocycles. The summed E-state index contributed by atoms with van der Waals surface area (Å²) in [6.45, 7) is 2.43. The quantitative estimate of drug-likeness (QED) is 0.806. The molecule has 3 aromatic rings. The van der Waals surface area contributed by atoms with Gasteiger partial charge < -0.3 is 5.32 Å². The lowest BCUT2D eigenvalue weighted by Gasteiger charge is -2.08. The molecule has 0 saturated carbocycles. The van der Waals surface area contributed by atoms with Crippen LogP contribution in [0.3, 0.4) is 0 Å². The number of nitrogens with one attached hydrogen (secondary N) is 1. The lowest BCUT2D eigenvalue weighted by Crippen LogP contribution is -2.22. The summed E-state index contributed by atoms with van der Waals surface area (Å²) in [5.41, 5.74) is 2.76. The maximum Gasteiger partial charge on any atom is 0.261 e. The Bertz CT molecular complexity index is 806. The lowest BCUT2D eigenvalue weighted by atomic mass is 10.1. The zero-order valence-electron chi connectivity index (χ0n) is 12.4. The van der Waals surface area contributed by atoms with Crippen molar-refractivity contribution < 1.29 is 4.79 Å². The Morgan fingerprint density at radius 2 is 2.23 bits per heavy atom. The maximum absolute atomic E-state index is 12.1. The molecule has 0 aliphatic rings. The molecule has 0 radical (unpaired) electrons. The van der Waals surface area contributed by atoms with E-state index in [4.69, 9.17) is 0 Å². The van der Waals surface area contributed by atoms with Crippen LogP contribution in [0.15, 0.2) is 42.9 Å². The molecule has 112 valence electrons. The van der Waals surface area contributed by atoms with Crippen LogP contribution in [0.25, 0.3) is 11.3 Å². The highest BCUT2D eigenvalue weighted by atomic mass is 32.1. The zero-order valence-corrected chi connectivity index (χ0v) is 13.2. The third-order valence-corrected chi connectivity index (χ3v) is 4.27. The van der Waals surface area contributed by atoms with Gasteiger partial charge in [-0.15, -0.1) is 11.3 Å². The normalized spacial score (nSPS) is 10.6. The third-order valence-electron chi connectivity index (χ3n) is 3.27. The van der Waals surface area contributed by atoms with E-state index in [2.05, 4.69) is 15.4 Å². The molecule has 1 N–H and O–H groups in total. The van der Waals surface area contributed by atoms with Crippen molar-refractivity contribution in [3.8, 4) is 11.3 Å². The average molecular weight is 312 g/mol. The van der Waals surface area contributed by atoms with Gasteiger partial charge in [-0.3, -0.25) is 14.5 Å². The Balaban J connectivity index is 1.77. The van der Waals surface area contributed by atoms with Crippen LogP contribution in [0.4, 0.5) is 0 Å². The zero-order chi connectivity index (χ0) is 15.5. The van der Waals surface area contributed by atoms with Crippen LogP contribution in [0, 0.1) is 6.92 Å². The molecule has 3 aromatic heterocycles. The largest absolute Gasteiger partial charge is 0.347 e. The number of thiophene rings is 1. The second-order valence-corrected chi connectivity index (χ2v) is 6.29. The van der Waals surface area contributed by atoms with Crippen LogP contribution in [-0.2, 0) is 13.6 Å². The molecule has 6 heteroatoms. The molecule has 0 aliphatic carbocycles. The SMILES string of the molecule is Cc1ccc(C(=O)NCc2cccnc2-c2cnn(C)c2)s1. The fraction of sp³-hybridized carbons (Fsp3) is 0.188. The van der Waals surface area contributed by atoms with E-state index >= 15 is 0 Å². The first-order valence-corrected chi connectivity index (χ1v) is 7.72. The van der Waals surface area contributed by atoms with Crippen molar-refractivity contribution in [1.82, 2.24) is 20.1 Å². The number of amides is 1. The number of aryl methyl sites for hydroxylation is 2. The van der Waals surface area contributed by atoms with Crippen LogP contribution >= 0.6 is 11.3 Å². The number of nitrogens with zero attached hydrogens (tertiary/aromatic N) is 3. The lowest BCUT2D eigenvalue weighted by molar-refractivity contribution is 0.0955. The van der Waals surface area contributed by atoms with E-state index in [0.717, 1.165) is 26.6 Å². The van der Waals surface area contributed by atoms with Crippen molar-refractivity contribution in [2.45, 2.75) is 13.5 Å². The minimum atomic E-state index is -0.0564. The standard InChI is InChI=1S/C16H16N4OS/c1-11-5-6-14(22-11)16(21)18-8-12-4-3-7-17-15(12)13-9-19-20(2)10-13/h3-7,9-10H,8H2,1-2H3,(H,18,21). The Hall–Kier alpha value is -2.47. The Morgan fingerprint density at radius 3 is 2.91 bits per heavy atom. The monoisotopic (exact) mass is 312 g/mol. The van der Waals surface area contributed by atoms with Crippen molar-refractivity contribution in [3.05, 3.63) is 58.2 Å². The molecule has 0 unspecified atom stereocenters. The Kier molecular flexibility index (Phi) is 4.02. The summed E-state index contributed by atoms with van der Waals surface area (Å²) < 4.78 is 1.74. The van der Waals surface area contributed by atoms with Gasteiger partial charge in [0, 0.05) is 36.4 Å². The van der Waals surface area contributed by atoms with E-state index < -0.39 is 0 Å². The van der Waals surface area contributed by atoms with Crippen molar-refractivity contribution >= 4 is 17.2 Å².